The first-order chi connectivity index (χ1) is 12.8. The number of piperazine rings is 1. The Morgan fingerprint density at radius 2 is 1.93 bits per heavy atom. The van der Waals surface area contributed by atoms with Crippen LogP contribution in [0.2, 0.25) is 0 Å². The molecule has 2 heterocycles. The SMILES string of the molecule is CN=C(NCc1cccnc1N1CCN(C)CC1)NC(C)CCC(C)(C)C.I. The number of nitrogens with one attached hydrogen (secondary N) is 2. The molecule has 2 N–H and O–H groups in total. The average Bonchev–Trinajstić information content (AvgIpc) is 2.64. The third-order valence-corrected chi connectivity index (χ3v) is 5.05. The highest BCUT2D eigenvalue weighted by atomic mass is 127. The van der Waals surface area contributed by atoms with Crippen molar-refractivity contribution < 1.29 is 0 Å². The Balaban J connectivity index is 0.00000392. The van der Waals surface area contributed by atoms with E-state index in [2.05, 4.69) is 71.2 Å². The van der Waals surface area contributed by atoms with Crippen molar-refractivity contribution in [3.63, 3.8) is 0 Å². The van der Waals surface area contributed by atoms with Gasteiger partial charge in [0.2, 0.25) is 0 Å². The highest BCUT2D eigenvalue weighted by molar-refractivity contribution is 14.0. The third kappa shape index (κ3) is 8.51. The van der Waals surface area contributed by atoms with Gasteiger partial charge in [-0.25, -0.2) is 4.98 Å². The minimum absolute atomic E-state index is 0. The van der Waals surface area contributed by atoms with Gasteiger partial charge in [-0.1, -0.05) is 26.8 Å². The molecule has 1 aromatic rings. The Morgan fingerprint density at radius 1 is 1.25 bits per heavy atom. The van der Waals surface area contributed by atoms with E-state index in [-0.39, 0.29) is 24.0 Å². The number of anilines is 1. The molecule has 1 aliphatic rings. The summed E-state index contributed by atoms with van der Waals surface area (Å²) in [6, 6.07) is 4.56. The largest absolute Gasteiger partial charge is 0.354 e. The van der Waals surface area contributed by atoms with Crippen LogP contribution in [-0.4, -0.2) is 62.2 Å². The fourth-order valence-corrected chi connectivity index (χ4v) is 3.20. The van der Waals surface area contributed by atoms with Crippen molar-refractivity contribution in [2.24, 2.45) is 10.4 Å². The topological polar surface area (TPSA) is 55.8 Å². The van der Waals surface area contributed by atoms with Gasteiger partial charge in [-0.05, 0) is 38.3 Å². The standard InChI is InChI=1S/C21H38N6.HI/c1-17(9-10-21(2,3)4)25-20(22-5)24-16-18-8-7-11-23-19(18)27-14-12-26(6)13-15-27;/h7-8,11,17H,9-10,12-16H2,1-6H3,(H2,22,24,25);1H. The van der Waals surface area contributed by atoms with Crippen LogP contribution in [0, 0.1) is 5.41 Å². The second kappa shape index (κ2) is 11.8. The molecule has 1 saturated heterocycles. The molecule has 1 atom stereocenters. The molecule has 160 valence electrons. The van der Waals surface area contributed by atoms with Crippen molar-refractivity contribution in [3.05, 3.63) is 23.9 Å². The molecular formula is C21H39IN6. The zero-order valence-electron chi connectivity index (χ0n) is 18.5. The molecule has 1 aliphatic heterocycles. The lowest BCUT2D eigenvalue weighted by Crippen LogP contribution is -2.45. The van der Waals surface area contributed by atoms with Gasteiger partial charge in [0.1, 0.15) is 5.82 Å². The van der Waals surface area contributed by atoms with Crippen LogP contribution in [0.4, 0.5) is 5.82 Å². The summed E-state index contributed by atoms with van der Waals surface area (Å²) in [6.45, 7) is 14.0. The number of aromatic nitrogens is 1. The highest BCUT2D eigenvalue weighted by Gasteiger charge is 2.18. The number of pyridine rings is 1. The van der Waals surface area contributed by atoms with E-state index < -0.39 is 0 Å². The first-order valence-electron chi connectivity index (χ1n) is 10.1. The molecule has 0 bridgehead atoms. The molecule has 1 fully saturated rings. The van der Waals surface area contributed by atoms with Crippen molar-refractivity contribution in [1.82, 2.24) is 20.5 Å². The van der Waals surface area contributed by atoms with Crippen LogP contribution in [0.5, 0.6) is 0 Å². The monoisotopic (exact) mass is 502 g/mol. The Hall–Kier alpha value is -1.09. The number of hydrogen-bond acceptors (Lipinski definition) is 4. The molecular weight excluding hydrogens is 463 g/mol. The fraction of sp³-hybridized carbons (Fsp3) is 0.714. The number of rotatable bonds is 6. The summed E-state index contributed by atoms with van der Waals surface area (Å²) in [7, 11) is 4.01. The maximum atomic E-state index is 4.66. The van der Waals surface area contributed by atoms with Crippen molar-refractivity contribution in [1.29, 1.82) is 0 Å². The Labute approximate surface area is 188 Å². The van der Waals surface area contributed by atoms with Crippen molar-refractivity contribution >= 4 is 35.8 Å². The van der Waals surface area contributed by atoms with Gasteiger partial charge in [0.25, 0.3) is 0 Å². The zero-order chi connectivity index (χ0) is 19.9. The van der Waals surface area contributed by atoms with Crippen LogP contribution in [0.1, 0.15) is 46.1 Å². The van der Waals surface area contributed by atoms with Gasteiger partial charge in [0.05, 0.1) is 0 Å². The van der Waals surface area contributed by atoms with E-state index in [1.165, 1.54) is 12.0 Å². The molecule has 6 nitrogen and oxygen atoms in total. The molecule has 2 rings (SSSR count). The lowest BCUT2D eigenvalue weighted by molar-refractivity contribution is 0.312. The fourth-order valence-electron chi connectivity index (χ4n) is 3.20. The first-order valence-corrected chi connectivity index (χ1v) is 10.1. The van der Waals surface area contributed by atoms with Crippen LogP contribution in [0.3, 0.4) is 0 Å². The summed E-state index contributed by atoms with van der Waals surface area (Å²) < 4.78 is 0. The number of halogens is 1. The zero-order valence-corrected chi connectivity index (χ0v) is 20.8. The molecule has 0 aromatic carbocycles. The predicted octanol–water partition coefficient (Wildman–Crippen LogP) is 3.33. The van der Waals surface area contributed by atoms with Crippen LogP contribution < -0.4 is 15.5 Å². The molecule has 0 saturated carbocycles. The minimum Gasteiger partial charge on any atom is -0.354 e. The lowest BCUT2D eigenvalue weighted by Gasteiger charge is -2.34. The van der Waals surface area contributed by atoms with Crippen molar-refractivity contribution in [2.45, 2.75) is 53.1 Å². The van der Waals surface area contributed by atoms with Crippen LogP contribution in [-0.2, 0) is 6.54 Å². The van der Waals surface area contributed by atoms with Crippen LogP contribution in [0.15, 0.2) is 23.3 Å². The predicted molar refractivity (Wildman–Crippen MR) is 131 cm³/mol. The van der Waals surface area contributed by atoms with Gasteiger partial charge in [-0.2, -0.15) is 0 Å². The molecule has 28 heavy (non-hydrogen) atoms. The van der Waals surface area contributed by atoms with Gasteiger partial charge < -0.3 is 20.4 Å². The van der Waals surface area contributed by atoms with Crippen molar-refractivity contribution in [2.75, 3.05) is 45.2 Å². The summed E-state index contributed by atoms with van der Waals surface area (Å²) in [4.78, 5) is 13.8. The normalized spacial score (nSPS) is 17.1. The molecule has 7 heteroatoms. The number of hydrogen-bond donors (Lipinski definition) is 2. The molecule has 1 aromatic heterocycles. The maximum absolute atomic E-state index is 4.66. The summed E-state index contributed by atoms with van der Waals surface area (Å²) in [5, 5.41) is 6.98. The number of likely N-dealkylation sites (N-methyl/N-ethyl adjacent to an activating group) is 1. The van der Waals surface area contributed by atoms with Gasteiger partial charge in [-0.15, -0.1) is 24.0 Å². The molecule has 0 amide bonds. The third-order valence-electron chi connectivity index (χ3n) is 5.05. The van der Waals surface area contributed by atoms with Crippen LogP contribution >= 0.6 is 24.0 Å². The number of aliphatic imine (C=N–C) groups is 1. The summed E-state index contributed by atoms with van der Waals surface area (Å²) in [5.74, 6) is 1.94. The Bertz CT molecular complexity index is 605. The average molecular weight is 502 g/mol. The Kier molecular flexibility index (Phi) is 10.5. The van der Waals surface area contributed by atoms with E-state index in [1.54, 1.807) is 0 Å². The smallest absolute Gasteiger partial charge is 0.191 e. The summed E-state index contributed by atoms with van der Waals surface area (Å²) in [6.07, 6.45) is 4.21. The van der Waals surface area contributed by atoms with Gasteiger partial charge in [0, 0.05) is 57.6 Å². The van der Waals surface area contributed by atoms with E-state index in [0.717, 1.165) is 50.9 Å². The van der Waals surface area contributed by atoms with E-state index >= 15 is 0 Å². The molecule has 0 radical (unpaired) electrons. The Morgan fingerprint density at radius 3 is 2.54 bits per heavy atom. The minimum atomic E-state index is 0. The summed E-state index contributed by atoms with van der Waals surface area (Å²) in [5.41, 5.74) is 1.58. The second-order valence-electron chi connectivity index (χ2n) is 8.85. The maximum Gasteiger partial charge on any atom is 0.191 e. The van der Waals surface area contributed by atoms with E-state index in [0.29, 0.717) is 11.5 Å². The highest BCUT2D eigenvalue weighted by Crippen LogP contribution is 2.21. The lowest BCUT2D eigenvalue weighted by atomic mass is 9.89. The quantitative estimate of drug-likeness (QED) is 0.355. The number of guanidine groups is 1. The first kappa shape index (κ1) is 24.9. The van der Waals surface area contributed by atoms with Gasteiger partial charge in [0.15, 0.2) is 5.96 Å². The van der Waals surface area contributed by atoms with Crippen molar-refractivity contribution in [3.8, 4) is 0 Å². The molecule has 0 spiro atoms. The second-order valence-corrected chi connectivity index (χ2v) is 8.85. The van der Waals surface area contributed by atoms with Crippen LogP contribution in [0.25, 0.3) is 0 Å². The number of nitrogens with zero attached hydrogens (tertiary/aromatic N) is 4. The van der Waals surface area contributed by atoms with Gasteiger partial charge >= 0.3 is 0 Å². The van der Waals surface area contributed by atoms with E-state index in [1.807, 2.05) is 19.3 Å². The van der Waals surface area contributed by atoms with E-state index in [4.69, 9.17) is 0 Å². The molecule has 1 unspecified atom stereocenters. The summed E-state index contributed by atoms with van der Waals surface area (Å²) >= 11 is 0. The van der Waals surface area contributed by atoms with Gasteiger partial charge in [-0.3, -0.25) is 4.99 Å². The van der Waals surface area contributed by atoms with E-state index in [9.17, 15) is 0 Å². The molecule has 0 aliphatic carbocycles.